The summed E-state index contributed by atoms with van der Waals surface area (Å²) in [5.41, 5.74) is 0. The van der Waals surface area contributed by atoms with E-state index in [2.05, 4.69) is 8.37 Å². The van der Waals surface area contributed by atoms with Crippen LogP contribution in [0.1, 0.15) is 0 Å². The van der Waals surface area contributed by atoms with Gasteiger partial charge in [0.25, 0.3) is 0 Å². The van der Waals surface area contributed by atoms with Gasteiger partial charge in [0, 0.05) is 0 Å². The van der Waals surface area contributed by atoms with Crippen LogP contribution in [0.2, 0.25) is 0 Å². The van der Waals surface area contributed by atoms with Gasteiger partial charge in [0.1, 0.15) is 22.1 Å². The Labute approximate surface area is 86.4 Å². The lowest BCUT2D eigenvalue weighted by Crippen LogP contribution is -2.12. The molecule has 4 nitrogen and oxygen atoms in total. The Morgan fingerprint density at radius 1 is 0.800 bits per heavy atom. The van der Waals surface area contributed by atoms with Gasteiger partial charge < -0.3 is 0 Å². The monoisotopic (exact) mass is 298 g/mol. The molecule has 0 radical (unpaired) electrons. The summed E-state index contributed by atoms with van der Waals surface area (Å²) in [6.45, 7) is 0. The molecule has 0 aliphatic carbocycles. The highest BCUT2D eigenvalue weighted by atomic mass is 33.5. The molecule has 0 amide bonds. The number of alkyl halides is 6. The molecule has 0 aromatic carbocycles. The highest BCUT2D eigenvalue weighted by Crippen LogP contribution is 2.36. The second kappa shape index (κ2) is 4.99. The molecule has 0 rings (SSSR count). The predicted molar refractivity (Wildman–Crippen MR) is 38.4 cm³/mol. The maximum absolute atomic E-state index is 11.3. The fourth-order valence-electron chi connectivity index (χ4n) is 0.172. The lowest BCUT2D eigenvalue weighted by atomic mass is 11.4. The molecule has 0 spiro atoms. The van der Waals surface area contributed by atoms with Gasteiger partial charge in [-0.15, -0.1) is 26.3 Å². The molecule has 0 atom stereocenters. The van der Waals surface area contributed by atoms with Gasteiger partial charge in [0.15, 0.2) is 0 Å². The van der Waals surface area contributed by atoms with Crippen LogP contribution in [-0.2, 0) is 16.3 Å². The third-order valence-electron chi connectivity index (χ3n) is 0.424. The Bertz CT molecular complexity index is 266. The molecule has 0 heterocycles. The molecule has 13 heteroatoms. The molecule has 0 aliphatic rings. The maximum atomic E-state index is 11.3. The summed E-state index contributed by atoms with van der Waals surface area (Å²) >= 11 is -2.38. The highest BCUT2D eigenvalue weighted by molar-refractivity contribution is 9.02. The third-order valence-corrected chi connectivity index (χ3v) is 3.68. The van der Waals surface area contributed by atoms with Crippen LogP contribution < -0.4 is 0 Å². The third kappa shape index (κ3) is 10.4. The Morgan fingerprint density at radius 2 is 1.07 bits per heavy atom. The van der Waals surface area contributed by atoms with Crippen LogP contribution in [0.25, 0.3) is 0 Å². The topological polar surface area (TPSA) is 52.6 Å². The van der Waals surface area contributed by atoms with E-state index < -0.39 is 42.8 Å². The zero-order valence-corrected chi connectivity index (χ0v) is 8.58. The minimum atomic E-state index is -5.28. The first kappa shape index (κ1) is 15.2. The van der Waals surface area contributed by atoms with Crippen molar-refractivity contribution in [3.05, 3.63) is 0 Å². The first-order valence-electron chi connectivity index (χ1n) is 2.54. The molecule has 0 saturated carbocycles. The quantitative estimate of drug-likeness (QED) is 0.452. The van der Waals surface area contributed by atoms with Crippen LogP contribution >= 0.6 is 22.1 Å². The lowest BCUT2D eigenvalue weighted by Gasteiger charge is -2.06. The fraction of sp³-hybridized carbons (Fsp3) is 1.00. The summed E-state index contributed by atoms with van der Waals surface area (Å²) in [6, 6.07) is 0. The van der Waals surface area contributed by atoms with Gasteiger partial charge in [-0.2, -0.15) is 0 Å². The van der Waals surface area contributed by atoms with Crippen molar-refractivity contribution >= 4 is 30.1 Å². The first-order valence-corrected chi connectivity index (χ1v) is 6.54. The van der Waals surface area contributed by atoms with E-state index in [4.69, 9.17) is 0 Å². The van der Waals surface area contributed by atoms with Crippen molar-refractivity contribution in [3.63, 3.8) is 0 Å². The molecule has 0 aromatic heterocycles. The van der Waals surface area contributed by atoms with Gasteiger partial charge >= 0.3 is 20.6 Å². The van der Waals surface area contributed by atoms with E-state index in [1.807, 2.05) is 0 Å². The summed E-state index contributed by atoms with van der Waals surface area (Å²) in [6.07, 6.45) is -10.6. The number of rotatable bonds is 4. The van der Waals surface area contributed by atoms with Crippen molar-refractivity contribution in [2.24, 2.45) is 0 Å². The molecular formula is C2F6O4S3. The van der Waals surface area contributed by atoms with E-state index in [9.17, 15) is 34.8 Å². The van der Waals surface area contributed by atoms with Crippen LogP contribution in [0.5, 0.6) is 0 Å². The Hall–Kier alpha value is 0.150. The number of hydrogen-bond donors (Lipinski definition) is 0. The van der Waals surface area contributed by atoms with Crippen molar-refractivity contribution in [2.75, 3.05) is 0 Å². The van der Waals surface area contributed by atoms with Crippen molar-refractivity contribution in [2.45, 2.75) is 12.7 Å². The van der Waals surface area contributed by atoms with Gasteiger partial charge in [0.05, 0.1) is 0 Å². The summed E-state index contributed by atoms with van der Waals surface area (Å²) in [4.78, 5) is 0. The first-order chi connectivity index (χ1) is 6.41. The van der Waals surface area contributed by atoms with Crippen molar-refractivity contribution < 1.29 is 43.1 Å². The van der Waals surface area contributed by atoms with Crippen molar-refractivity contribution in [3.8, 4) is 0 Å². The van der Waals surface area contributed by atoms with Gasteiger partial charge in [-0.1, -0.05) is 0 Å². The number of hydrogen-bond acceptors (Lipinski definition) is 6. The zero-order valence-electron chi connectivity index (χ0n) is 6.13. The average Bonchev–Trinajstić information content (AvgIpc) is 1.96. The Morgan fingerprint density at radius 3 is 1.27 bits per heavy atom. The molecular weight excluding hydrogens is 298 g/mol. The summed E-state index contributed by atoms with van der Waals surface area (Å²) in [7, 11) is -4.90. The predicted octanol–water partition coefficient (Wildman–Crippen LogP) is 2.60. The van der Waals surface area contributed by atoms with Crippen LogP contribution in [-0.4, -0.2) is 21.1 Å². The normalized spacial score (nSPS) is 14.3. The molecule has 0 bridgehead atoms. The minimum absolute atomic E-state index is 1.19. The standard InChI is InChI=1S/C2F6O4S3/c3-1(4,5)11-13-15(9,10)14-12-2(6,7)8. The van der Waals surface area contributed by atoms with Crippen molar-refractivity contribution in [1.82, 2.24) is 0 Å². The van der Waals surface area contributed by atoms with Gasteiger partial charge in [0.2, 0.25) is 0 Å². The van der Waals surface area contributed by atoms with Crippen LogP contribution in [0.15, 0.2) is 0 Å². The molecule has 0 N–H and O–H groups in total. The van der Waals surface area contributed by atoms with Crippen LogP contribution in [0, 0.1) is 0 Å². The summed E-state index contributed by atoms with van der Waals surface area (Å²) in [5.74, 6) is 0. The molecule has 92 valence electrons. The Kier molecular flexibility index (Phi) is 5.04. The molecule has 0 aromatic rings. The molecule has 0 aliphatic heterocycles. The van der Waals surface area contributed by atoms with Crippen LogP contribution in [0.4, 0.5) is 26.3 Å². The highest BCUT2D eigenvalue weighted by Gasteiger charge is 2.37. The Balaban J connectivity index is 4.11. The maximum Gasteiger partial charge on any atom is 0.534 e. The molecule has 0 fully saturated rings. The lowest BCUT2D eigenvalue weighted by molar-refractivity contribution is -0.266. The summed E-state index contributed by atoms with van der Waals surface area (Å²) < 4.78 is 93.9. The van der Waals surface area contributed by atoms with E-state index >= 15 is 0 Å². The van der Waals surface area contributed by atoms with E-state index in [1.54, 1.807) is 0 Å². The summed E-state index contributed by atoms with van der Waals surface area (Å²) in [5, 5.41) is 0. The second-order valence-corrected chi connectivity index (χ2v) is 7.11. The van der Waals surface area contributed by atoms with Gasteiger partial charge in [-0.25, -0.2) is 16.8 Å². The molecule has 15 heavy (non-hydrogen) atoms. The average molecular weight is 298 g/mol. The van der Waals surface area contributed by atoms with Crippen molar-refractivity contribution in [1.29, 1.82) is 0 Å². The largest absolute Gasteiger partial charge is 0.534 e. The second-order valence-electron chi connectivity index (χ2n) is 1.60. The zero-order chi connectivity index (χ0) is 12.3. The molecule has 0 saturated heterocycles. The SMILES string of the molecule is O=S(=O)(SOC(F)(F)F)SOC(F)(F)F. The van der Waals surface area contributed by atoms with E-state index in [-0.39, 0.29) is 0 Å². The van der Waals surface area contributed by atoms with Crippen LogP contribution in [0.3, 0.4) is 0 Å². The van der Waals surface area contributed by atoms with E-state index in [1.165, 1.54) is 0 Å². The minimum Gasteiger partial charge on any atom is -0.203 e. The van der Waals surface area contributed by atoms with Gasteiger partial charge in [-0.3, -0.25) is 0 Å². The molecule has 0 unspecified atom stereocenters. The van der Waals surface area contributed by atoms with Gasteiger partial charge in [-0.05, 0) is 0 Å². The fourth-order valence-corrected chi connectivity index (χ4v) is 2.25. The number of halogens is 6. The smallest absolute Gasteiger partial charge is 0.203 e. The van der Waals surface area contributed by atoms with E-state index in [0.717, 1.165) is 0 Å². The van der Waals surface area contributed by atoms with E-state index in [0.29, 0.717) is 0 Å².